The Morgan fingerprint density at radius 3 is 2.37 bits per heavy atom. The second-order valence-corrected chi connectivity index (χ2v) is 8.70. The van der Waals surface area contributed by atoms with Crippen molar-refractivity contribution in [2.24, 2.45) is 4.99 Å². The number of nitrogens with zero attached hydrogens (tertiary/aromatic N) is 3. The van der Waals surface area contributed by atoms with E-state index in [1.165, 1.54) is 4.88 Å². The first-order valence-corrected chi connectivity index (χ1v) is 11.3. The standard InChI is InChI=1S/C22H33N5O2S/c1-6-23-22(24-14-21-15(2)25-16(3)30-21)26-17-7-9-27(10-8-17)18-11-19(28-4)13-20(12-18)29-5/h11-13,17H,6-10,14H2,1-5H3,(H2,23,24,26). The van der Waals surface area contributed by atoms with Crippen LogP contribution < -0.4 is 25.0 Å². The molecule has 7 nitrogen and oxygen atoms in total. The van der Waals surface area contributed by atoms with Crippen molar-refractivity contribution < 1.29 is 9.47 Å². The molecule has 0 unspecified atom stereocenters. The fraction of sp³-hybridized carbons (Fsp3) is 0.545. The smallest absolute Gasteiger partial charge is 0.191 e. The molecule has 2 aromatic rings. The van der Waals surface area contributed by atoms with E-state index in [0.717, 1.165) is 66.3 Å². The lowest BCUT2D eigenvalue weighted by molar-refractivity contribution is 0.393. The van der Waals surface area contributed by atoms with Crippen molar-refractivity contribution in [3.63, 3.8) is 0 Å². The highest BCUT2D eigenvalue weighted by Crippen LogP contribution is 2.30. The van der Waals surface area contributed by atoms with Gasteiger partial charge in [-0.2, -0.15) is 0 Å². The monoisotopic (exact) mass is 431 g/mol. The lowest BCUT2D eigenvalue weighted by Crippen LogP contribution is -2.48. The molecule has 1 saturated heterocycles. The molecule has 3 rings (SSSR count). The van der Waals surface area contributed by atoms with Gasteiger partial charge in [0, 0.05) is 54.4 Å². The Bertz CT molecular complexity index is 837. The van der Waals surface area contributed by atoms with Gasteiger partial charge in [-0.15, -0.1) is 11.3 Å². The van der Waals surface area contributed by atoms with E-state index in [9.17, 15) is 0 Å². The van der Waals surface area contributed by atoms with E-state index in [-0.39, 0.29) is 0 Å². The number of guanidine groups is 1. The highest BCUT2D eigenvalue weighted by molar-refractivity contribution is 7.11. The van der Waals surface area contributed by atoms with Gasteiger partial charge in [0.2, 0.25) is 0 Å². The highest BCUT2D eigenvalue weighted by atomic mass is 32.1. The molecule has 1 aliphatic rings. The summed E-state index contributed by atoms with van der Waals surface area (Å²) in [5.41, 5.74) is 2.22. The Labute approximate surface area is 183 Å². The summed E-state index contributed by atoms with van der Waals surface area (Å²) < 4.78 is 10.8. The minimum Gasteiger partial charge on any atom is -0.497 e. The van der Waals surface area contributed by atoms with E-state index < -0.39 is 0 Å². The van der Waals surface area contributed by atoms with Crippen molar-refractivity contribution in [3.05, 3.63) is 33.8 Å². The molecule has 2 heterocycles. The number of anilines is 1. The van der Waals surface area contributed by atoms with E-state index >= 15 is 0 Å². The molecule has 0 bridgehead atoms. The van der Waals surface area contributed by atoms with Gasteiger partial charge >= 0.3 is 0 Å². The van der Waals surface area contributed by atoms with Gasteiger partial charge in [0.05, 0.1) is 31.5 Å². The van der Waals surface area contributed by atoms with Gasteiger partial charge in [-0.05, 0) is 33.6 Å². The van der Waals surface area contributed by atoms with Crippen LogP contribution in [0.1, 0.15) is 35.3 Å². The van der Waals surface area contributed by atoms with E-state index in [1.807, 2.05) is 13.0 Å². The number of rotatable bonds is 7. The van der Waals surface area contributed by atoms with Gasteiger partial charge in [-0.3, -0.25) is 0 Å². The maximum absolute atomic E-state index is 5.42. The molecule has 0 saturated carbocycles. The minimum atomic E-state index is 0.399. The average molecular weight is 432 g/mol. The number of ether oxygens (including phenoxy) is 2. The number of thiazole rings is 1. The van der Waals surface area contributed by atoms with Crippen LogP contribution in [-0.4, -0.2) is 50.8 Å². The zero-order chi connectivity index (χ0) is 21.5. The number of hydrogen-bond donors (Lipinski definition) is 2. The van der Waals surface area contributed by atoms with Crippen molar-refractivity contribution in [2.75, 3.05) is 38.8 Å². The second-order valence-electron chi connectivity index (χ2n) is 7.41. The molecule has 164 valence electrons. The number of aliphatic imine (C=N–C) groups is 1. The predicted molar refractivity (Wildman–Crippen MR) is 124 cm³/mol. The van der Waals surface area contributed by atoms with Crippen LogP contribution in [-0.2, 0) is 6.54 Å². The molecule has 8 heteroatoms. The zero-order valence-electron chi connectivity index (χ0n) is 18.6. The Morgan fingerprint density at radius 2 is 1.83 bits per heavy atom. The summed E-state index contributed by atoms with van der Waals surface area (Å²) in [5.74, 6) is 2.52. The molecular weight excluding hydrogens is 398 g/mol. The maximum Gasteiger partial charge on any atom is 0.191 e. The number of hydrogen-bond acceptors (Lipinski definition) is 6. The Hall–Kier alpha value is -2.48. The summed E-state index contributed by atoms with van der Waals surface area (Å²) in [6, 6.07) is 6.45. The summed E-state index contributed by atoms with van der Waals surface area (Å²) >= 11 is 1.72. The largest absolute Gasteiger partial charge is 0.497 e. The van der Waals surface area contributed by atoms with E-state index in [0.29, 0.717) is 12.6 Å². The van der Waals surface area contributed by atoms with Crippen LogP contribution in [0.25, 0.3) is 0 Å². The molecule has 1 aromatic heterocycles. The number of methoxy groups -OCH3 is 2. The van der Waals surface area contributed by atoms with Crippen LogP contribution in [0, 0.1) is 13.8 Å². The number of benzene rings is 1. The van der Waals surface area contributed by atoms with E-state index in [1.54, 1.807) is 25.6 Å². The second kappa shape index (κ2) is 10.5. The van der Waals surface area contributed by atoms with Crippen LogP contribution in [0.3, 0.4) is 0 Å². The highest BCUT2D eigenvalue weighted by Gasteiger charge is 2.21. The average Bonchev–Trinajstić information content (AvgIpc) is 3.09. The quantitative estimate of drug-likeness (QED) is 0.516. The summed E-state index contributed by atoms with van der Waals surface area (Å²) in [6.07, 6.45) is 2.09. The lowest BCUT2D eigenvalue weighted by atomic mass is 10.0. The molecule has 2 N–H and O–H groups in total. The molecule has 0 atom stereocenters. The topological polar surface area (TPSA) is 71.0 Å². The molecule has 1 aliphatic heterocycles. The van der Waals surface area contributed by atoms with Gasteiger partial charge in [-0.25, -0.2) is 9.98 Å². The summed E-state index contributed by atoms with van der Waals surface area (Å²) in [7, 11) is 3.37. The van der Waals surface area contributed by atoms with Crippen LogP contribution in [0.4, 0.5) is 5.69 Å². The first-order valence-electron chi connectivity index (χ1n) is 10.5. The molecule has 0 radical (unpaired) electrons. The third kappa shape index (κ3) is 5.78. The van der Waals surface area contributed by atoms with Crippen molar-refractivity contribution in [3.8, 4) is 11.5 Å². The number of aryl methyl sites for hydroxylation is 2. The van der Waals surface area contributed by atoms with Gasteiger partial charge in [-0.1, -0.05) is 0 Å². The maximum atomic E-state index is 5.42. The van der Waals surface area contributed by atoms with Gasteiger partial charge in [0.1, 0.15) is 11.5 Å². The Balaban J connectivity index is 1.59. The fourth-order valence-electron chi connectivity index (χ4n) is 3.64. The van der Waals surface area contributed by atoms with Crippen LogP contribution in [0.5, 0.6) is 11.5 Å². The fourth-order valence-corrected chi connectivity index (χ4v) is 4.50. The predicted octanol–water partition coefficient (Wildman–Crippen LogP) is 3.50. The summed E-state index contributed by atoms with van der Waals surface area (Å²) in [6.45, 7) is 9.64. The van der Waals surface area contributed by atoms with Gasteiger partial charge in [0.15, 0.2) is 5.96 Å². The van der Waals surface area contributed by atoms with Crippen molar-refractivity contribution >= 4 is 23.0 Å². The van der Waals surface area contributed by atoms with Crippen molar-refractivity contribution in [1.82, 2.24) is 15.6 Å². The third-order valence-corrected chi connectivity index (χ3v) is 6.32. The van der Waals surface area contributed by atoms with Crippen LogP contribution >= 0.6 is 11.3 Å². The third-order valence-electron chi connectivity index (χ3n) is 5.26. The van der Waals surface area contributed by atoms with Crippen molar-refractivity contribution in [2.45, 2.75) is 46.2 Å². The molecular formula is C22H33N5O2S. The molecule has 0 amide bonds. The molecule has 0 spiro atoms. The van der Waals surface area contributed by atoms with E-state index in [4.69, 9.17) is 14.5 Å². The minimum absolute atomic E-state index is 0.399. The van der Waals surface area contributed by atoms with Crippen LogP contribution in [0.15, 0.2) is 23.2 Å². The Morgan fingerprint density at radius 1 is 1.17 bits per heavy atom. The first kappa shape index (κ1) is 22.2. The normalized spacial score (nSPS) is 15.2. The zero-order valence-corrected chi connectivity index (χ0v) is 19.4. The number of nitrogens with one attached hydrogen (secondary N) is 2. The van der Waals surface area contributed by atoms with Gasteiger partial charge < -0.3 is 25.0 Å². The summed E-state index contributed by atoms with van der Waals surface area (Å²) in [4.78, 5) is 12.9. The first-order chi connectivity index (χ1) is 14.5. The van der Waals surface area contributed by atoms with E-state index in [2.05, 4.69) is 46.5 Å². The molecule has 1 aromatic carbocycles. The SMILES string of the molecule is CCNC(=NCc1sc(C)nc1C)NC1CCN(c2cc(OC)cc(OC)c2)CC1. The lowest BCUT2D eigenvalue weighted by Gasteiger charge is -2.34. The van der Waals surface area contributed by atoms with Crippen LogP contribution in [0.2, 0.25) is 0 Å². The number of piperidine rings is 1. The van der Waals surface area contributed by atoms with Crippen molar-refractivity contribution in [1.29, 1.82) is 0 Å². The molecule has 0 aliphatic carbocycles. The Kier molecular flexibility index (Phi) is 7.79. The van der Waals surface area contributed by atoms with Gasteiger partial charge in [0.25, 0.3) is 0 Å². The summed E-state index contributed by atoms with van der Waals surface area (Å²) in [5, 5.41) is 8.09. The number of aromatic nitrogens is 1. The molecule has 30 heavy (non-hydrogen) atoms. The molecule has 1 fully saturated rings.